The first-order valence-electron chi connectivity index (χ1n) is 23.4. The number of urea groups is 1. The van der Waals surface area contributed by atoms with Crippen molar-refractivity contribution in [3.8, 4) is 22.5 Å². The number of anilines is 4. The average molecular weight is 873 g/mol. The molecule has 1 aliphatic carbocycles. The van der Waals surface area contributed by atoms with Crippen LogP contribution in [0.2, 0.25) is 0 Å². The fraction of sp³-hybridized carbons (Fsp3) is 0.404. The molecule has 336 valence electrons. The van der Waals surface area contributed by atoms with Gasteiger partial charge in [-0.2, -0.15) is 0 Å². The molecule has 3 aliphatic heterocycles. The van der Waals surface area contributed by atoms with E-state index in [1.54, 1.807) is 11.2 Å². The van der Waals surface area contributed by atoms with E-state index >= 15 is 0 Å². The lowest BCUT2D eigenvalue weighted by molar-refractivity contribution is -0.120. The number of hydrogen-bond donors (Lipinski definition) is 2. The lowest BCUT2D eigenvalue weighted by atomic mass is 9.90. The van der Waals surface area contributed by atoms with Crippen LogP contribution < -0.4 is 24.9 Å². The van der Waals surface area contributed by atoms with Gasteiger partial charge in [0, 0.05) is 123 Å². The number of nitrogens with one attached hydrogen (secondary N) is 2. The van der Waals surface area contributed by atoms with Crippen molar-refractivity contribution in [2.24, 2.45) is 11.3 Å². The highest BCUT2D eigenvalue weighted by Crippen LogP contribution is 2.39. The molecule has 6 heterocycles. The van der Waals surface area contributed by atoms with Gasteiger partial charge >= 0.3 is 6.03 Å². The summed E-state index contributed by atoms with van der Waals surface area (Å²) < 4.78 is 2.41. The van der Waals surface area contributed by atoms with Gasteiger partial charge in [-0.15, -0.1) is 0 Å². The van der Waals surface area contributed by atoms with E-state index in [0.717, 1.165) is 122 Å². The predicted molar refractivity (Wildman–Crippen MR) is 259 cm³/mol. The number of aromatic amines is 1. The zero-order chi connectivity index (χ0) is 44.8. The summed E-state index contributed by atoms with van der Waals surface area (Å²) in [6.45, 7) is 18.0. The number of carbonyl (C=O) groups is 3. The molecule has 3 fully saturated rings. The highest BCUT2D eigenvalue weighted by Gasteiger charge is 2.32. The smallest absolute Gasteiger partial charge is 0.328 e. The number of aromatic nitrogens is 4. The Kier molecular flexibility index (Phi) is 11.4. The molecule has 0 spiro atoms. The Hall–Kier alpha value is -6.47. The van der Waals surface area contributed by atoms with Crippen molar-refractivity contribution in [2.45, 2.75) is 66.3 Å². The molecule has 13 heteroatoms. The van der Waals surface area contributed by atoms with Crippen LogP contribution in [0.1, 0.15) is 55.6 Å². The fourth-order valence-electron chi connectivity index (χ4n) is 10.9. The number of amides is 4. The Morgan fingerprint density at radius 1 is 0.815 bits per heavy atom. The average Bonchev–Trinajstić information content (AvgIpc) is 3.97. The van der Waals surface area contributed by atoms with E-state index in [4.69, 9.17) is 4.98 Å². The number of hydrogen-bond acceptors (Lipinski definition) is 8. The standard InChI is InChI=1S/C52H60N10O3/c1-35-28-39-30-52(3,4)31-47(39)61(35)27-26-60(34-63)46-7-5-6-43(36(46)2)49-44-29-45(55-50(44)54-33-53-49)38-8-10-40(11-9-38)59-24-22-57(23-25-59)32-37-16-19-58(20-17-37)41-12-14-42(15-13-41)62-21-18-48(64)56-51(62)65/h5-15,28-29,33-34,37H,16-27,30-32H2,1-4H3,(H,53,54,55)(H,56,64,65). The highest BCUT2D eigenvalue weighted by atomic mass is 16.2. The molecule has 0 saturated carbocycles. The lowest BCUT2D eigenvalue weighted by Crippen LogP contribution is -2.49. The van der Waals surface area contributed by atoms with Crippen LogP contribution in [0, 0.1) is 25.2 Å². The third kappa shape index (κ3) is 8.61. The lowest BCUT2D eigenvalue weighted by Gasteiger charge is -2.40. The fourth-order valence-corrected chi connectivity index (χ4v) is 10.9. The van der Waals surface area contributed by atoms with Crippen LogP contribution in [0.15, 0.2) is 85.2 Å². The summed E-state index contributed by atoms with van der Waals surface area (Å²) in [5.41, 5.74) is 14.3. The first-order valence-corrected chi connectivity index (χ1v) is 23.4. The monoisotopic (exact) mass is 872 g/mol. The van der Waals surface area contributed by atoms with E-state index in [0.29, 0.717) is 25.4 Å². The molecule has 0 atom stereocenters. The van der Waals surface area contributed by atoms with Crippen LogP contribution in [0.5, 0.6) is 0 Å². The third-order valence-electron chi connectivity index (χ3n) is 14.4. The summed E-state index contributed by atoms with van der Waals surface area (Å²) >= 11 is 0. The van der Waals surface area contributed by atoms with Crippen LogP contribution in [-0.4, -0.2) is 102 Å². The van der Waals surface area contributed by atoms with Gasteiger partial charge in [0.05, 0.1) is 5.69 Å². The van der Waals surface area contributed by atoms with Gasteiger partial charge in [-0.25, -0.2) is 14.8 Å². The Morgan fingerprint density at radius 3 is 2.25 bits per heavy atom. The van der Waals surface area contributed by atoms with Gasteiger partial charge in [0.15, 0.2) is 0 Å². The summed E-state index contributed by atoms with van der Waals surface area (Å²) in [4.78, 5) is 60.5. The van der Waals surface area contributed by atoms with Crippen molar-refractivity contribution in [2.75, 3.05) is 78.5 Å². The van der Waals surface area contributed by atoms with Crippen LogP contribution in [0.25, 0.3) is 33.5 Å². The van der Waals surface area contributed by atoms with Crippen LogP contribution in [-0.2, 0) is 29.0 Å². The number of aryl methyl sites for hydroxylation is 1. The summed E-state index contributed by atoms with van der Waals surface area (Å²) in [6.07, 6.45) is 7.41. The molecule has 13 nitrogen and oxygen atoms in total. The summed E-state index contributed by atoms with van der Waals surface area (Å²) in [7, 11) is 0. The maximum atomic E-state index is 12.6. The third-order valence-corrected chi connectivity index (χ3v) is 14.4. The maximum absolute atomic E-state index is 12.6. The molecule has 3 aromatic carbocycles. The minimum atomic E-state index is -0.346. The van der Waals surface area contributed by atoms with Gasteiger partial charge < -0.3 is 24.3 Å². The van der Waals surface area contributed by atoms with E-state index in [2.05, 4.69) is 117 Å². The highest BCUT2D eigenvalue weighted by molar-refractivity contribution is 6.05. The molecular formula is C52H60N10O3. The normalized spacial score (nSPS) is 18.1. The van der Waals surface area contributed by atoms with Crippen molar-refractivity contribution >= 4 is 52.1 Å². The predicted octanol–water partition coefficient (Wildman–Crippen LogP) is 7.98. The molecular weight excluding hydrogens is 813 g/mol. The van der Waals surface area contributed by atoms with Crippen molar-refractivity contribution in [3.05, 3.63) is 108 Å². The first-order chi connectivity index (χ1) is 31.5. The molecule has 4 aliphatic rings. The Balaban J connectivity index is 0.738. The summed E-state index contributed by atoms with van der Waals surface area (Å²) in [6, 6.07) is 27.3. The number of nitrogens with zero attached hydrogens (tertiary/aromatic N) is 8. The molecule has 65 heavy (non-hydrogen) atoms. The molecule has 4 amide bonds. The Morgan fingerprint density at radius 2 is 1.52 bits per heavy atom. The maximum Gasteiger partial charge on any atom is 0.328 e. The van der Waals surface area contributed by atoms with Gasteiger partial charge in [-0.3, -0.25) is 24.7 Å². The van der Waals surface area contributed by atoms with E-state index in [9.17, 15) is 14.4 Å². The van der Waals surface area contributed by atoms with Crippen molar-refractivity contribution in [1.29, 1.82) is 0 Å². The van der Waals surface area contributed by atoms with Gasteiger partial charge in [0.2, 0.25) is 12.3 Å². The molecule has 6 aromatic rings. The van der Waals surface area contributed by atoms with Crippen LogP contribution >= 0.6 is 0 Å². The number of benzene rings is 3. The topological polar surface area (TPSA) is 126 Å². The van der Waals surface area contributed by atoms with Gasteiger partial charge in [0.25, 0.3) is 0 Å². The second-order valence-electron chi connectivity index (χ2n) is 19.4. The number of rotatable bonds is 12. The number of piperidine rings is 1. The molecule has 3 saturated heterocycles. The molecule has 0 bridgehead atoms. The second kappa shape index (κ2) is 17.5. The largest absolute Gasteiger partial charge is 0.372 e. The minimum absolute atomic E-state index is 0.215. The molecule has 2 N–H and O–H groups in total. The SMILES string of the molecule is Cc1c(-c2ncnc3[nH]c(-c4ccc(N5CCN(CC6CCN(c7ccc(N8CCC(=O)NC8=O)cc7)CC6)CC5)cc4)cc23)cccc1N(C=O)CCn1c(C)cc2c1CC(C)(C)C2. The summed E-state index contributed by atoms with van der Waals surface area (Å²) in [5, 5.41) is 3.36. The van der Waals surface area contributed by atoms with Crippen molar-refractivity contribution < 1.29 is 14.4 Å². The molecule has 3 aromatic heterocycles. The summed E-state index contributed by atoms with van der Waals surface area (Å²) in [5.74, 6) is 0.470. The van der Waals surface area contributed by atoms with Crippen LogP contribution in [0.3, 0.4) is 0 Å². The minimum Gasteiger partial charge on any atom is -0.372 e. The van der Waals surface area contributed by atoms with E-state index < -0.39 is 0 Å². The number of H-pyrrole nitrogens is 1. The quantitative estimate of drug-likeness (QED) is 0.119. The molecule has 10 rings (SSSR count). The zero-order valence-electron chi connectivity index (χ0n) is 38.1. The first kappa shape index (κ1) is 42.5. The van der Waals surface area contributed by atoms with Gasteiger partial charge in [-0.05, 0) is 122 Å². The van der Waals surface area contributed by atoms with E-state index in [1.165, 1.54) is 41.2 Å². The number of piperazine rings is 1. The number of fused-ring (bicyclic) bond motifs is 2. The van der Waals surface area contributed by atoms with Gasteiger partial charge in [-0.1, -0.05) is 38.1 Å². The number of imide groups is 1. The van der Waals surface area contributed by atoms with Gasteiger partial charge in [0.1, 0.15) is 12.0 Å². The number of carbonyl (C=O) groups excluding carboxylic acids is 3. The molecule has 0 unspecified atom stereocenters. The van der Waals surface area contributed by atoms with E-state index in [1.807, 2.05) is 29.2 Å². The zero-order valence-corrected chi connectivity index (χ0v) is 38.1. The van der Waals surface area contributed by atoms with Crippen LogP contribution in [0.4, 0.5) is 27.5 Å². The van der Waals surface area contributed by atoms with E-state index in [-0.39, 0.29) is 17.4 Å². The van der Waals surface area contributed by atoms with Crippen molar-refractivity contribution in [3.63, 3.8) is 0 Å². The second-order valence-corrected chi connectivity index (χ2v) is 19.4. The molecule has 0 radical (unpaired) electrons. The van der Waals surface area contributed by atoms with Crippen molar-refractivity contribution in [1.82, 2.24) is 29.7 Å². The Labute approximate surface area is 381 Å². The Bertz CT molecular complexity index is 2720.